The SMILES string of the molecule is CC(C)(C)C(NC(=O)c1cc(-c2ccco2)on1)c1ccc(F)cc1. The maximum Gasteiger partial charge on any atom is 0.273 e. The van der Waals surface area contributed by atoms with Gasteiger partial charge in [-0.25, -0.2) is 4.39 Å². The molecular formula is C19H19FN2O3. The Labute approximate surface area is 144 Å². The number of carbonyl (C=O) groups is 1. The first-order valence-electron chi connectivity index (χ1n) is 7.91. The van der Waals surface area contributed by atoms with E-state index in [0.29, 0.717) is 11.5 Å². The van der Waals surface area contributed by atoms with Crippen LogP contribution < -0.4 is 5.32 Å². The van der Waals surface area contributed by atoms with Crippen LogP contribution in [0.5, 0.6) is 0 Å². The second-order valence-corrected chi connectivity index (χ2v) is 6.88. The lowest BCUT2D eigenvalue weighted by molar-refractivity contribution is 0.0892. The van der Waals surface area contributed by atoms with E-state index in [1.807, 2.05) is 20.8 Å². The molecule has 3 rings (SSSR count). The summed E-state index contributed by atoms with van der Waals surface area (Å²) in [5, 5.41) is 6.76. The second-order valence-electron chi connectivity index (χ2n) is 6.88. The number of furan rings is 1. The topological polar surface area (TPSA) is 68.3 Å². The molecule has 2 heterocycles. The standard InChI is InChI=1S/C19H19FN2O3/c1-19(2,3)17(12-6-8-13(20)9-7-12)21-18(23)14-11-16(25-22-14)15-5-4-10-24-15/h4-11,17H,1-3H3,(H,21,23). The average molecular weight is 342 g/mol. The van der Waals surface area contributed by atoms with Gasteiger partial charge < -0.3 is 14.3 Å². The molecule has 0 bridgehead atoms. The summed E-state index contributed by atoms with van der Waals surface area (Å²) >= 11 is 0. The smallest absolute Gasteiger partial charge is 0.273 e. The minimum absolute atomic E-state index is 0.155. The van der Waals surface area contributed by atoms with E-state index < -0.39 is 0 Å². The van der Waals surface area contributed by atoms with Gasteiger partial charge in [-0.3, -0.25) is 4.79 Å². The quantitative estimate of drug-likeness (QED) is 0.753. The van der Waals surface area contributed by atoms with Crippen LogP contribution >= 0.6 is 0 Å². The van der Waals surface area contributed by atoms with Crippen molar-refractivity contribution in [2.45, 2.75) is 26.8 Å². The van der Waals surface area contributed by atoms with Crippen LogP contribution in [-0.4, -0.2) is 11.1 Å². The molecule has 5 nitrogen and oxygen atoms in total. The first-order chi connectivity index (χ1) is 11.8. The minimum atomic E-state index is -0.370. The van der Waals surface area contributed by atoms with E-state index in [1.165, 1.54) is 24.5 Å². The van der Waals surface area contributed by atoms with Gasteiger partial charge in [0.2, 0.25) is 5.76 Å². The van der Waals surface area contributed by atoms with Crippen LogP contribution in [0.1, 0.15) is 42.9 Å². The number of halogens is 1. The summed E-state index contributed by atoms with van der Waals surface area (Å²) in [6, 6.07) is 10.8. The molecule has 0 radical (unpaired) electrons. The van der Waals surface area contributed by atoms with Gasteiger partial charge in [-0.15, -0.1) is 0 Å². The monoisotopic (exact) mass is 342 g/mol. The van der Waals surface area contributed by atoms with Crippen LogP contribution in [0, 0.1) is 11.2 Å². The van der Waals surface area contributed by atoms with Crippen molar-refractivity contribution >= 4 is 5.91 Å². The highest BCUT2D eigenvalue weighted by atomic mass is 19.1. The zero-order chi connectivity index (χ0) is 18.0. The van der Waals surface area contributed by atoms with E-state index in [0.717, 1.165) is 5.56 Å². The normalized spacial score (nSPS) is 12.8. The van der Waals surface area contributed by atoms with Crippen molar-refractivity contribution in [3.05, 3.63) is 65.8 Å². The molecule has 0 saturated heterocycles. The molecule has 2 aromatic heterocycles. The maximum absolute atomic E-state index is 13.2. The highest BCUT2D eigenvalue weighted by molar-refractivity contribution is 5.93. The van der Waals surface area contributed by atoms with Gasteiger partial charge in [0.25, 0.3) is 5.91 Å². The van der Waals surface area contributed by atoms with Crippen molar-refractivity contribution < 1.29 is 18.1 Å². The number of nitrogens with zero attached hydrogens (tertiary/aromatic N) is 1. The Morgan fingerprint density at radius 1 is 1.16 bits per heavy atom. The van der Waals surface area contributed by atoms with Gasteiger partial charge in [-0.1, -0.05) is 38.1 Å². The number of hydrogen-bond acceptors (Lipinski definition) is 4. The molecule has 1 unspecified atom stereocenters. The van der Waals surface area contributed by atoms with E-state index in [1.54, 1.807) is 24.3 Å². The molecule has 0 aliphatic carbocycles. The van der Waals surface area contributed by atoms with E-state index in [9.17, 15) is 9.18 Å². The van der Waals surface area contributed by atoms with Crippen LogP contribution in [-0.2, 0) is 0 Å². The van der Waals surface area contributed by atoms with Crippen molar-refractivity contribution in [2.24, 2.45) is 5.41 Å². The summed E-state index contributed by atoms with van der Waals surface area (Å²) in [5.41, 5.74) is 0.695. The molecule has 0 saturated carbocycles. The molecule has 130 valence electrons. The summed E-state index contributed by atoms with van der Waals surface area (Å²) in [6.07, 6.45) is 1.52. The molecule has 1 atom stereocenters. The number of benzene rings is 1. The fourth-order valence-electron chi connectivity index (χ4n) is 2.58. The Morgan fingerprint density at radius 2 is 1.88 bits per heavy atom. The fourth-order valence-corrected chi connectivity index (χ4v) is 2.58. The van der Waals surface area contributed by atoms with Crippen molar-refractivity contribution in [3.63, 3.8) is 0 Å². The summed E-state index contributed by atoms with van der Waals surface area (Å²) < 4.78 is 23.6. The Kier molecular flexibility index (Phi) is 4.44. The van der Waals surface area contributed by atoms with E-state index in [2.05, 4.69) is 10.5 Å². The van der Waals surface area contributed by atoms with E-state index >= 15 is 0 Å². The van der Waals surface area contributed by atoms with Crippen LogP contribution in [0.2, 0.25) is 0 Å². The number of hydrogen-bond donors (Lipinski definition) is 1. The molecule has 0 spiro atoms. The Bertz CT molecular complexity index is 846. The third-order valence-corrected chi connectivity index (χ3v) is 3.85. The molecule has 0 aliphatic rings. The lowest BCUT2D eigenvalue weighted by Crippen LogP contribution is -2.36. The van der Waals surface area contributed by atoms with Gasteiger partial charge in [0.15, 0.2) is 11.5 Å². The van der Waals surface area contributed by atoms with Gasteiger partial charge in [-0.2, -0.15) is 0 Å². The van der Waals surface area contributed by atoms with E-state index in [4.69, 9.17) is 8.94 Å². The molecular weight excluding hydrogens is 323 g/mol. The summed E-state index contributed by atoms with van der Waals surface area (Å²) in [7, 11) is 0. The van der Waals surface area contributed by atoms with E-state index in [-0.39, 0.29) is 28.9 Å². The van der Waals surface area contributed by atoms with Crippen molar-refractivity contribution in [3.8, 4) is 11.5 Å². The van der Waals surface area contributed by atoms with Gasteiger partial charge in [0, 0.05) is 6.07 Å². The molecule has 1 N–H and O–H groups in total. The summed E-state index contributed by atoms with van der Waals surface area (Å²) in [5.74, 6) is 0.190. The van der Waals surface area contributed by atoms with Gasteiger partial charge >= 0.3 is 0 Å². The molecule has 1 aromatic carbocycles. The third-order valence-electron chi connectivity index (χ3n) is 3.85. The largest absolute Gasteiger partial charge is 0.461 e. The number of rotatable bonds is 4. The molecule has 0 fully saturated rings. The number of nitrogens with one attached hydrogen (secondary N) is 1. The molecule has 3 aromatic rings. The van der Waals surface area contributed by atoms with Crippen LogP contribution in [0.25, 0.3) is 11.5 Å². The summed E-state index contributed by atoms with van der Waals surface area (Å²) in [4.78, 5) is 12.6. The van der Waals surface area contributed by atoms with Crippen LogP contribution in [0.4, 0.5) is 4.39 Å². The van der Waals surface area contributed by atoms with Gasteiger partial charge in [-0.05, 0) is 35.2 Å². The average Bonchev–Trinajstić information content (AvgIpc) is 3.23. The Balaban J connectivity index is 1.82. The maximum atomic E-state index is 13.2. The number of carbonyl (C=O) groups excluding carboxylic acids is 1. The Morgan fingerprint density at radius 3 is 2.48 bits per heavy atom. The zero-order valence-corrected chi connectivity index (χ0v) is 14.2. The third kappa shape index (κ3) is 3.79. The minimum Gasteiger partial charge on any atom is -0.461 e. The number of aromatic nitrogens is 1. The number of amides is 1. The highest BCUT2D eigenvalue weighted by Crippen LogP contribution is 2.33. The predicted molar refractivity (Wildman–Crippen MR) is 90.3 cm³/mol. The molecule has 0 aliphatic heterocycles. The molecule has 25 heavy (non-hydrogen) atoms. The highest BCUT2D eigenvalue weighted by Gasteiger charge is 2.29. The first-order valence-corrected chi connectivity index (χ1v) is 7.91. The first kappa shape index (κ1) is 17.0. The van der Waals surface area contributed by atoms with Crippen molar-refractivity contribution in [1.82, 2.24) is 10.5 Å². The van der Waals surface area contributed by atoms with Gasteiger partial charge in [0.05, 0.1) is 12.3 Å². The van der Waals surface area contributed by atoms with Crippen molar-refractivity contribution in [1.29, 1.82) is 0 Å². The van der Waals surface area contributed by atoms with Crippen molar-refractivity contribution in [2.75, 3.05) is 0 Å². The predicted octanol–water partition coefficient (Wildman–Crippen LogP) is 4.59. The fraction of sp³-hybridized carbons (Fsp3) is 0.263. The van der Waals surface area contributed by atoms with Gasteiger partial charge in [0.1, 0.15) is 5.82 Å². The lowest BCUT2D eigenvalue weighted by Gasteiger charge is -2.31. The van der Waals surface area contributed by atoms with Crippen LogP contribution in [0.3, 0.4) is 0 Å². The summed E-state index contributed by atoms with van der Waals surface area (Å²) in [6.45, 7) is 6.00. The Hall–Kier alpha value is -2.89. The molecule has 1 amide bonds. The lowest BCUT2D eigenvalue weighted by atomic mass is 9.82. The second kappa shape index (κ2) is 6.55. The zero-order valence-electron chi connectivity index (χ0n) is 14.2. The van der Waals surface area contributed by atoms with Crippen LogP contribution in [0.15, 0.2) is 57.7 Å². The molecule has 6 heteroatoms.